The number of urea groups is 1. The van der Waals surface area contributed by atoms with Gasteiger partial charge in [0.15, 0.2) is 0 Å². The summed E-state index contributed by atoms with van der Waals surface area (Å²) in [6.07, 6.45) is 2.26. The minimum absolute atomic E-state index is 0.0614. The second-order valence-electron chi connectivity index (χ2n) is 9.84. The molecule has 0 radical (unpaired) electrons. The third-order valence-corrected chi connectivity index (χ3v) is 6.80. The summed E-state index contributed by atoms with van der Waals surface area (Å²) < 4.78 is 15.2. The zero-order valence-corrected chi connectivity index (χ0v) is 20.7. The average Bonchev–Trinajstić information content (AvgIpc) is 3.03. The van der Waals surface area contributed by atoms with Crippen LogP contribution in [0.2, 0.25) is 0 Å². The number of hydrogen-bond acceptors (Lipinski definition) is 4. The first-order valence-electron chi connectivity index (χ1n) is 11.8. The summed E-state index contributed by atoms with van der Waals surface area (Å²) in [4.78, 5) is 40.8. The van der Waals surface area contributed by atoms with Crippen LogP contribution in [0.15, 0.2) is 42.1 Å². The van der Waals surface area contributed by atoms with E-state index in [2.05, 4.69) is 36.3 Å². The Kier molecular flexibility index (Phi) is 6.40. The van der Waals surface area contributed by atoms with E-state index in [1.165, 1.54) is 12.1 Å². The van der Waals surface area contributed by atoms with Gasteiger partial charge in [-0.15, -0.1) is 0 Å². The summed E-state index contributed by atoms with van der Waals surface area (Å²) in [5.41, 5.74) is 3.39. The highest BCUT2D eigenvalue weighted by Gasteiger charge is 2.37. The van der Waals surface area contributed by atoms with Gasteiger partial charge in [0.1, 0.15) is 18.1 Å². The quantitative estimate of drug-likeness (QED) is 0.479. The van der Waals surface area contributed by atoms with Gasteiger partial charge in [-0.1, -0.05) is 25.1 Å². The minimum atomic E-state index is -0.716. The van der Waals surface area contributed by atoms with E-state index in [4.69, 9.17) is 0 Å². The van der Waals surface area contributed by atoms with Crippen molar-refractivity contribution < 1.29 is 18.8 Å². The van der Waals surface area contributed by atoms with Gasteiger partial charge in [0, 0.05) is 29.0 Å². The van der Waals surface area contributed by atoms with Crippen LogP contribution in [0.25, 0.3) is 6.08 Å². The van der Waals surface area contributed by atoms with E-state index in [-0.39, 0.29) is 22.7 Å². The molecule has 4 rings (SSSR count). The summed E-state index contributed by atoms with van der Waals surface area (Å²) in [6.45, 7) is 10.6. The normalized spacial score (nSPS) is 20.2. The number of hydrogen-bond donors (Lipinski definition) is 2. The van der Waals surface area contributed by atoms with Crippen LogP contribution in [0.3, 0.4) is 0 Å². The summed E-state index contributed by atoms with van der Waals surface area (Å²) in [5, 5.41) is 5.19. The predicted octanol–water partition coefficient (Wildman–Crippen LogP) is 4.78. The number of anilines is 2. The van der Waals surface area contributed by atoms with Crippen molar-refractivity contribution in [1.29, 1.82) is 0 Å². The van der Waals surface area contributed by atoms with Crippen LogP contribution in [0, 0.1) is 12.7 Å². The molecular formula is C27H31FN4O3. The van der Waals surface area contributed by atoms with Crippen molar-refractivity contribution in [2.45, 2.75) is 52.5 Å². The molecule has 2 N–H and O–H groups in total. The van der Waals surface area contributed by atoms with Crippen molar-refractivity contribution in [2.75, 3.05) is 23.3 Å². The van der Waals surface area contributed by atoms with E-state index in [1.807, 2.05) is 26.0 Å². The molecule has 2 aromatic carbocycles. The fourth-order valence-corrected chi connectivity index (χ4v) is 5.15. The molecule has 1 saturated heterocycles. The van der Waals surface area contributed by atoms with Crippen LogP contribution in [-0.2, 0) is 9.59 Å². The second-order valence-corrected chi connectivity index (χ2v) is 9.84. The molecule has 1 fully saturated rings. The number of amides is 4. The highest BCUT2D eigenvalue weighted by molar-refractivity contribution is 6.16. The van der Waals surface area contributed by atoms with Crippen molar-refractivity contribution in [2.24, 2.45) is 0 Å². The van der Waals surface area contributed by atoms with E-state index in [0.29, 0.717) is 5.69 Å². The maximum atomic E-state index is 15.2. The average molecular weight is 479 g/mol. The maximum absolute atomic E-state index is 15.2. The fraction of sp³-hybridized carbons (Fsp3) is 0.370. The SMILES string of the molecule is CCN1c2cc(F)c(/C=C3/NC(=O)N(CC(=O)Nc4ccccc4C)C3=O)cc2C(C)CC1(C)C. The van der Waals surface area contributed by atoms with Gasteiger partial charge >= 0.3 is 6.03 Å². The van der Waals surface area contributed by atoms with E-state index in [9.17, 15) is 14.4 Å². The molecule has 0 bridgehead atoms. The van der Waals surface area contributed by atoms with Crippen molar-refractivity contribution >= 4 is 35.3 Å². The third-order valence-electron chi connectivity index (χ3n) is 6.80. The molecule has 2 heterocycles. The molecule has 1 unspecified atom stereocenters. The lowest BCUT2D eigenvalue weighted by molar-refractivity contribution is -0.127. The van der Waals surface area contributed by atoms with Crippen LogP contribution in [0.5, 0.6) is 0 Å². The minimum Gasteiger partial charge on any atom is -0.366 e. The third kappa shape index (κ3) is 4.65. The van der Waals surface area contributed by atoms with Crippen molar-refractivity contribution in [3.63, 3.8) is 0 Å². The number of carbonyl (C=O) groups is 3. The summed E-state index contributed by atoms with van der Waals surface area (Å²) in [5.74, 6) is -1.44. The summed E-state index contributed by atoms with van der Waals surface area (Å²) in [7, 11) is 0. The summed E-state index contributed by atoms with van der Waals surface area (Å²) >= 11 is 0. The topological polar surface area (TPSA) is 81.8 Å². The molecule has 2 aromatic rings. The van der Waals surface area contributed by atoms with Gasteiger partial charge < -0.3 is 15.5 Å². The van der Waals surface area contributed by atoms with E-state index in [0.717, 1.165) is 34.7 Å². The highest BCUT2D eigenvalue weighted by Crippen LogP contribution is 2.44. The lowest BCUT2D eigenvalue weighted by Gasteiger charge is -2.47. The smallest absolute Gasteiger partial charge is 0.329 e. The first kappa shape index (κ1) is 24.4. The van der Waals surface area contributed by atoms with Crippen molar-refractivity contribution in [3.05, 3.63) is 64.6 Å². The zero-order chi connectivity index (χ0) is 25.5. The number of benzene rings is 2. The molecule has 2 aliphatic heterocycles. The number of rotatable bonds is 5. The summed E-state index contributed by atoms with van der Waals surface area (Å²) in [6, 6.07) is 9.77. The molecule has 1 atom stereocenters. The molecule has 8 heteroatoms. The Hall–Kier alpha value is -3.68. The number of nitrogens with zero attached hydrogens (tertiary/aromatic N) is 2. The molecule has 2 aliphatic rings. The van der Waals surface area contributed by atoms with Crippen LogP contribution < -0.4 is 15.5 Å². The van der Waals surface area contributed by atoms with E-state index >= 15 is 4.39 Å². The number of para-hydroxylation sites is 1. The number of nitrogens with one attached hydrogen (secondary N) is 2. The molecule has 0 aliphatic carbocycles. The van der Waals surface area contributed by atoms with Crippen LogP contribution in [0.1, 0.15) is 56.7 Å². The molecule has 0 spiro atoms. The Morgan fingerprint density at radius 1 is 1.26 bits per heavy atom. The maximum Gasteiger partial charge on any atom is 0.329 e. The van der Waals surface area contributed by atoms with Crippen LogP contribution in [-0.4, -0.2) is 41.4 Å². The number of carbonyl (C=O) groups excluding carboxylic acids is 3. The van der Waals surface area contributed by atoms with Gasteiger partial charge in [-0.3, -0.25) is 9.59 Å². The number of fused-ring (bicyclic) bond motifs is 1. The Bertz CT molecular complexity index is 1240. The largest absolute Gasteiger partial charge is 0.366 e. The molecule has 4 amide bonds. The van der Waals surface area contributed by atoms with Gasteiger partial charge in [-0.2, -0.15) is 0 Å². The number of aryl methyl sites for hydroxylation is 1. The monoisotopic (exact) mass is 478 g/mol. The molecular weight excluding hydrogens is 447 g/mol. The van der Waals surface area contributed by atoms with Gasteiger partial charge in [0.2, 0.25) is 5.91 Å². The van der Waals surface area contributed by atoms with Gasteiger partial charge in [-0.25, -0.2) is 14.1 Å². The fourth-order valence-electron chi connectivity index (χ4n) is 5.15. The van der Waals surface area contributed by atoms with Crippen LogP contribution in [0.4, 0.5) is 20.6 Å². The standard InChI is InChI=1S/C27H31FN4O3/c1-6-32-23-13-20(28)18(11-19(23)17(3)14-27(32,4)5)12-22-25(34)31(26(35)30-22)15-24(33)29-21-10-8-7-9-16(21)2/h7-13,17H,6,14-15H2,1-5H3,(H,29,33)(H,30,35)/b22-12+. The van der Waals surface area contributed by atoms with Gasteiger partial charge in [-0.05, 0) is 75.4 Å². The molecule has 184 valence electrons. The van der Waals surface area contributed by atoms with E-state index < -0.39 is 30.2 Å². The van der Waals surface area contributed by atoms with Crippen molar-refractivity contribution in [1.82, 2.24) is 10.2 Å². The molecule has 0 saturated carbocycles. The lowest BCUT2D eigenvalue weighted by atomic mass is 9.79. The molecule has 35 heavy (non-hydrogen) atoms. The van der Waals surface area contributed by atoms with Gasteiger partial charge in [0.05, 0.1) is 0 Å². The highest BCUT2D eigenvalue weighted by atomic mass is 19.1. The lowest BCUT2D eigenvalue weighted by Crippen LogP contribution is -2.48. The Morgan fingerprint density at radius 2 is 1.97 bits per heavy atom. The molecule has 7 nitrogen and oxygen atoms in total. The van der Waals surface area contributed by atoms with Crippen LogP contribution >= 0.6 is 0 Å². The predicted molar refractivity (Wildman–Crippen MR) is 135 cm³/mol. The zero-order valence-electron chi connectivity index (χ0n) is 20.7. The first-order chi connectivity index (χ1) is 16.5. The number of halogens is 1. The van der Waals surface area contributed by atoms with Gasteiger partial charge in [0.25, 0.3) is 5.91 Å². The second kappa shape index (κ2) is 9.17. The first-order valence-corrected chi connectivity index (χ1v) is 11.8. The molecule has 0 aromatic heterocycles. The Balaban J connectivity index is 1.56. The number of imide groups is 1. The van der Waals surface area contributed by atoms with Crippen molar-refractivity contribution in [3.8, 4) is 0 Å². The Labute approximate surface area is 205 Å². The Morgan fingerprint density at radius 3 is 2.66 bits per heavy atom. The van der Waals surface area contributed by atoms with E-state index in [1.54, 1.807) is 18.2 Å².